The highest BCUT2D eigenvalue weighted by molar-refractivity contribution is 6.01. The molecule has 1 saturated carbocycles. The molecule has 0 radical (unpaired) electrons. The number of methoxy groups -OCH3 is 2. The molecule has 0 spiro atoms. The molecule has 1 amide bonds. The van der Waals surface area contributed by atoms with E-state index in [9.17, 15) is 4.79 Å². The second-order valence-corrected chi connectivity index (χ2v) is 5.64. The lowest BCUT2D eigenvalue weighted by Crippen LogP contribution is -2.40. The third kappa shape index (κ3) is 2.81. The molecule has 0 heterocycles. The van der Waals surface area contributed by atoms with Crippen LogP contribution in [-0.4, -0.2) is 26.7 Å². The van der Waals surface area contributed by atoms with Gasteiger partial charge in [-0.3, -0.25) is 4.79 Å². The van der Waals surface area contributed by atoms with Crippen LogP contribution in [0.2, 0.25) is 0 Å². The van der Waals surface area contributed by atoms with E-state index < -0.39 is 0 Å². The summed E-state index contributed by atoms with van der Waals surface area (Å²) in [4.78, 5) is 12.3. The molecule has 20 heavy (non-hydrogen) atoms. The highest BCUT2D eigenvalue weighted by atomic mass is 16.5. The first-order valence-corrected chi connectivity index (χ1v) is 6.79. The zero-order valence-electron chi connectivity index (χ0n) is 12.3. The summed E-state index contributed by atoms with van der Waals surface area (Å²) in [5.41, 5.74) is 6.92. The number of nitrogens with one attached hydrogen (secondary N) is 1. The van der Waals surface area contributed by atoms with Crippen LogP contribution in [0.3, 0.4) is 0 Å². The van der Waals surface area contributed by atoms with Gasteiger partial charge in [-0.15, -0.1) is 0 Å². The Morgan fingerprint density at radius 1 is 1.35 bits per heavy atom. The number of carbonyl (C=O) groups excluding carboxylic acids is 1. The number of rotatable bonds is 5. The minimum absolute atomic E-state index is 0.187. The molecule has 5 nitrogen and oxygen atoms in total. The Balaban J connectivity index is 2.15. The van der Waals surface area contributed by atoms with Gasteiger partial charge >= 0.3 is 0 Å². The van der Waals surface area contributed by atoms with Crippen LogP contribution in [0.1, 0.15) is 36.5 Å². The van der Waals surface area contributed by atoms with Gasteiger partial charge in [0.25, 0.3) is 5.91 Å². The summed E-state index contributed by atoms with van der Waals surface area (Å²) in [6.07, 6.45) is 3.55. The first-order chi connectivity index (χ1) is 9.49. The van der Waals surface area contributed by atoms with E-state index in [1.165, 1.54) is 13.5 Å². The standard InChI is InChI=1S/C15H22N2O3/c1-15(5-4-6-15)9-17-14(18)11-7-10(19-2)8-12(20-3)13(11)16/h7-8H,4-6,9,16H2,1-3H3,(H,17,18). The molecular weight excluding hydrogens is 256 g/mol. The highest BCUT2D eigenvalue weighted by Crippen LogP contribution is 2.39. The van der Waals surface area contributed by atoms with Crippen LogP contribution in [-0.2, 0) is 0 Å². The van der Waals surface area contributed by atoms with Gasteiger partial charge in [-0.2, -0.15) is 0 Å². The van der Waals surface area contributed by atoms with Crippen molar-refractivity contribution in [3.05, 3.63) is 17.7 Å². The molecule has 1 aromatic carbocycles. The number of nitrogen functional groups attached to an aromatic ring is 1. The van der Waals surface area contributed by atoms with Crippen LogP contribution in [0.15, 0.2) is 12.1 Å². The predicted octanol–water partition coefficient (Wildman–Crippen LogP) is 2.21. The third-order valence-electron chi connectivity index (χ3n) is 4.05. The molecule has 0 saturated heterocycles. The quantitative estimate of drug-likeness (QED) is 0.810. The monoisotopic (exact) mass is 278 g/mol. The van der Waals surface area contributed by atoms with Crippen LogP contribution in [0.5, 0.6) is 11.5 Å². The summed E-state index contributed by atoms with van der Waals surface area (Å²) in [6.45, 7) is 2.86. The van der Waals surface area contributed by atoms with E-state index in [2.05, 4.69) is 12.2 Å². The van der Waals surface area contributed by atoms with E-state index in [-0.39, 0.29) is 11.3 Å². The van der Waals surface area contributed by atoms with Crippen molar-refractivity contribution in [2.75, 3.05) is 26.5 Å². The van der Waals surface area contributed by atoms with Gasteiger partial charge in [0.15, 0.2) is 0 Å². The molecule has 1 aromatic rings. The summed E-state index contributed by atoms with van der Waals surface area (Å²) in [5, 5.41) is 2.95. The second kappa shape index (κ2) is 5.61. The molecule has 0 bridgehead atoms. The molecule has 2 rings (SSSR count). The lowest BCUT2D eigenvalue weighted by Gasteiger charge is -2.38. The largest absolute Gasteiger partial charge is 0.497 e. The van der Waals surface area contributed by atoms with Crippen LogP contribution in [0.4, 0.5) is 5.69 Å². The predicted molar refractivity (Wildman–Crippen MR) is 78.2 cm³/mol. The van der Waals surface area contributed by atoms with E-state index in [0.717, 1.165) is 12.8 Å². The van der Waals surface area contributed by atoms with Gasteiger partial charge in [0, 0.05) is 12.6 Å². The maximum Gasteiger partial charge on any atom is 0.253 e. The molecule has 0 atom stereocenters. The van der Waals surface area contributed by atoms with Crippen molar-refractivity contribution >= 4 is 11.6 Å². The Labute approximate surface area is 119 Å². The molecule has 1 aliphatic carbocycles. The fourth-order valence-electron chi connectivity index (χ4n) is 2.42. The van der Waals surface area contributed by atoms with Crippen molar-refractivity contribution in [2.24, 2.45) is 5.41 Å². The van der Waals surface area contributed by atoms with Gasteiger partial charge < -0.3 is 20.5 Å². The molecule has 5 heteroatoms. The van der Waals surface area contributed by atoms with Crippen molar-refractivity contribution in [3.8, 4) is 11.5 Å². The SMILES string of the molecule is COc1cc(OC)c(N)c(C(=O)NCC2(C)CCC2)c1. The summed E-state index contributed by atoms with van der Waals surface area (Å²) in [7, 11) is 3.06. The van der Waals surface area contributed by atoms with Gasteiger partial charge in [-0.1, -0.05) is 13.3 Å². The van der Waals surface area contributed by atoms with Crippen LogP contribution >= 0.6 is 0 Å². The molecule has 0 aliphatic heterocycles. The number of ether oxygens (including phenoxy) is 2. The summed E-state index contributed by atoms with van der Waals surface area (Å²) in [5.74, 6) is 0.813. The van der Waals surface area contributed by atoms with Crippen molar-refractivity contribution in [1.82, 2.24) is 5.32 Å². The topological polar surface area (TPSA) is 73.6 Å². The van der Waals surface area contributed by atoms with Gasteiger partial charge in [0.1, 0.15) is 11.5 Å². The Kier molecular flexibility index (Phi) is 4.06. The fourth-order valence-corrected chi connectivity index (χ4v) is 2.42. The van der Waals surface area contributed by atoms with Crippen molar-refractivity contribution in [3.63, 3.8) is 0 Å². The Bertz CT molecular complexity index is 510. The number of hydrogen-bond donors (Lipinski definition) is 2. The van der Waals surface area contributed by atoms with Gasteiger partial charge in [-0.05, 0) is 24.3 Å². The minimum atomic E-state index is -0.187. The molecule has 1 fully saturated rings. The van der Waals surface area contributed by atoms with E-state index >= 15 is 0 Å². The summed E-state index contributed by atoms with van der Waals surface area (Å²) in [6, 6.07) is 3.30. The van der Waals surface area contributed by atoms with E-state index in [4.69, 9.17) is 15.2 Å². The number of anilines is 1. The van der Waals surface area contributed by atoms with Crippen molar-refractivity contribution in [1.29, 1.82) is 0 Å². The minimum Gasteiger partial charge on any atom is -0.497 e. The molecule has 0 aromatic heterocycles. The molecular formula is C15H22N2O3. The van der Waals surface area contributed by atoms with Crippen LogP contribution < -0.4 is 20.5 Å². The Hall–Kier alpha value is -1.91. The maximum absolute atomic E-state index is 12.3. The number of benzene rings is 1. The smallest absolute Gasteiger partial charge is 0.253 e. The number of amides is 1. The lowest BCUT2D eigenvalue weighted by molar-refractivity contribution is 0.0891. The highest BCUT2D eigenvalue weighted by Gasteiger charge is 2.32. The van der Waals surface area contributed by atoms with Gasteiger partial charge in [0.05, 0.1) is 25.5 Å². The average molecular weight is 278 g/mol. The fraction of sp³-hybridized carbons (Fsp3) is 0.533. The Morgan fingerprint density at radius 2 is 2.05 bits per heavy atom. The zero-order valence-corrected chi connectivity index (χ0v) is 12.3. The molecule has 3 N–H and O–H groups in total. The van der Waals surface area contributed by atoms with Gasteiger partial charge in [-0.25, -0.2) is 0 Å². The summed E-state index contributed by atoms with van der Waals surface area (Å²) < 4.78 is 10.3. The first-order valence-electron chi connectivity index (χ1n) is 6.79. The third-order valence-corrected chi connectivity index (χ3v) is 4.05. The van der Waals surface area contributed by atoms with E-state index in [1.54, 1.807) is 19.2 Å². The molecule has 1 aliphatic rings. The van der Waals surface area contributed by atoms with Gasteiger partial charge in [0.2, 0.25) is 0 Å². The number of carbonyl (C=O) groups is 1. The van der Waals surface area contributed by atoms with E-state index in [0.29, 0.717) is 29.3 Å². The van der Waals surface area contributed by atoms with E-state index in [1.807, 2.05) is 0 Å². The maximum atomic E-state index is 12.3. The first kappa shape index (κ1) is 14.5. The number of nitrogens with two attached hydrogens (primary N) is 1. The molecule has 110 valence electrons. The van der Waals surface area contributed by atoms with Crippen molar-refractivity contribution < 1.29 is 14.3 Å². The molecule has 0 unspecified atom stereocenters. The average Bonchev–Trinajstić information content (AvgIpc) is 2.43. The lowest BCUT2D eigenvalue weighted by atomic mass is 9.70. The number of hydrogen-bond acceptors (Lipinski definition) is 4. The van der Waals surface area contributed by atoms with Crippen molar-refractivity contribution in [2.45, 2.75) is 26.2 Å². The Morgan fingerprint density at radius 3 is 2.55 bits per heavy atom. The summed E-state index contributed by atoms with van der Waals surface area (Å²) >= 11 is 0. The second-order valence-electron chi connectivity index (χ2n) is 5.64. The van der Waals surface area contributed by atoms with Crippen LogP contribution in [0, 0.1) is 5.41 Å². The zero-order chi connectivity index (χ0) is 14.8. The normalized spacial score (nSPS) is 16.1. The van der Waals surface area contributed by atoms with Crippen LogP contribution in [0.25, 0.3) is 0 Å².